The van der Waals surface area contributed by atoms with Gasteiger partial charge in [-0.05, 0) is 44.6 Å². The van der Waals surface area contributed by atoms with Gasteiger partial charge >= 0.3 is 0 Å². The maximum Gasteiger partial charge on any atom is 0.150 e. The summed E-state index contributed by atoms with van der Waals surface area (Å²) in [6.45, 7) is 7.73. The molecule has 1 N–H and O–H groups in total. The molecule has 1 aliphatic rings. The molecule has 1 rings (SSSR count). The average Bonchev–Trinajstić information content (AvgIpc) is 2.46. The lowest BCUT2D eigenvalue weighted by atomic mass is 9.84. The van der Waals surface area contributed by atoms with E-state index in [1.165, 1.54) is 19.1 Å². The number of nitrogens with one attached hydrogen (secondary N) is 1. The van der Waals surface area contributed by atoms with Gasteiger partial charge in [0, 0.05) is 23.3 Å². The Kier molecular flexibility index (Phi) is 8.65. The number of hydrogen-bond acceptors (Lipinski definition) is 4. The van der Waals surface area contributed by atoms with Crippen molar-refractivity contribution in [1.82, 2.24) is 5.32 Å². The minimum atomic E-state index is -2.88. The molecule has 0 heterocycles. The van der Waals surface area contributed by atoms with E-state index < -0.39 is 9.84 Å². The molecular formula is C16H33NO2S2. The van der Waals surface area contributed by atoms with E-state index in [0.717, 1.165) is 38.0 Å². The van der Waals surface area contributed by atoms with Crippen molar-refractivity contribution in [2.45, 2.75) is 75.8 Å². The van der Waals surface area contributed by atoms with E-state index in [-0.39, 0.29) is 5.25 Å². The fraction of sp³-hybridized carbons (Fsp3) is 1.00. The maximum atomic E-state index is 11.9. The van der Waals surface area contributed by atoms with Crippen LogP contribution in [0.1, 0.15) is 59.3 Å². The molecular weight excluding hydrogens is 302 g/mol. The molecule has 5 heteroatoms. The molecule has 4 unspecified atom stereocenters. The van der Waals surface area contributed by atoms with Gasteiger partial charge in [0.05, 0.1) is 5.25 Å². The van der Waals surface area contributed by atoms with Crippen molar-refractivity contribution >= 4 is 21.6 Å². The van der Waals surface area contributed by atoms with Crippen LogP contribution in [-0.2, 0) is 9.84 Å². The second kappa shape index (κ2) is 9.41. The lowest BCUT2D eigenvalue weighted by Gasteiger charge is -2.34. The summed E-state index contributed by atoms with van der Waals surface area (Å²) in [6.07, 6.45) is 7.67. The Labute approximate surface area is 136 Å². The van der Waals surface area contributed by atoms with E-state index in [4.69, 9.17) is 0 Å². The summed E-state index contributed by atoms with van der Waals surface area (Å²) in [7, 11) is -2.88. The molecule has 21 heavy (non-hydrogen) atoms. The standard InChI is InChI=1S/C16H33NO2S2/c1-5-10-17-16(12-20-13(3)6-2)14-8-7-9-15(11-14)21(4,18)19/h13-17H,5-12H2,1-4H3. The highest BCUT2D eigenvalue weighted by molar-refractivity contribution is 7.99. The van der Waals surface area contributed by atoms with Gasteiger partial charge in [0.1, 0.15) is 9.84 Å². The van der Waals surface area contributed by atoms with Crippen LogP contribution in [0.25, 0.3) is 0 Å². The Morgan fingerprint density at radius 3 is 2.57 bits per heavy atom. The third-order valence-electron chi connectivity index (χ3n) is 4.63. The Balaban J connectivity index is 2.63. The fourth-order valence-corrected chi connectivity index (χ4v) is 5.37. The molecule has 3 nitrogen and oxygen atoms in total. The molecule has 1 saturated carbocycles. The van der Waals surface area contributed by atoms with Crippen LogP contribution >= 0.6 is 11.8 Å². The van der Waals surface area contributed by atoms with E-state index in [9.17, 15) is 8.42 Å². The monoisotopic (exact) mass is 335 g/mol. The van der Waals surface area contributed by atoms with Gasteiger partial charge < -0.3 is 5.32 Å². The molecule has 0 bridgehead atoms. The summed E-state index contributed by atoms with van der Waals surface area (Å²) < 4.78 is 23.7. The first-order valence-electron chi connectivity index (χ1n) is 8.42. The molecule has 0 aliphatic heterocycles. The van der Waals surface area contributed by atoms with E-state index in [1.807, 2.05) is 11.8 Å². The van der Waals surface area contributed by atoms with Gasteiger partial charge in [0.25, 0.3) is 0 Å². The lowest BCUT2D eigenvalue weighted by molar-refractivity contribution is 0.286. The maximum absolute atomic E-state index is 11.9. The van der Waals surface area contributed by atoms with Crippen LogP contribution in [0.15, 0.2) is 0 Å². The molecule has 0 spiro atoms. The Hall–Kier alpha value is 0.260. The lowest BCUT2D eigenvalue weighted by Crippen LogP contribution is -2.43. The van der Waals surface area contributed by atoms with Crippen molar-refractivity contribution in [3.63, 3.8) is 0 Å². The smallest absolute Gasteiger partial charge is 0.150 e. The van der Waals surface area contributed by atoms with Gasteiger partial charge in [-0.25, -0.2) is 8.42 Å². The van der Waals surface area contributed by atoms with E-state index in [1.54, 1.807) is 0 Å². The first-order chi connectivity index (χ1) is 9.88. The van der Waals surface area contributed by atoms with Crippen LogP contribution in [0.5, 0.6) is 0 Å². The second-order valence-electron chi connectivity index (χ2n) is 6.49. The van der Waals surface area contributed by atoms with Crippen molar-refractivity contribution in [1.29, 1.82) is 0 Å². The van der Waals surface area contributed by atoms with E-state index in [2.05, 4.69) is 26.1 Å². The van der Waals surface area contributed by atoms with Crippen molar-refractivity contribution in [2.24, 2.45) is 5.92 Å². The predicted octanol–water partition coefficient (Wildman–Crippen LogP) is 3.49. The molecule has 1 aliphatic carbocycles. The molecule has 126 valence electrons. The Morgan fingerprint density at radius 2 is 2.00 bits per heavy atom. The van der Waals surface area contributed by atoms with Gasteiger partial charge in [-0.2, -0.15) is 11.8 Å². The van der Waals surface area contributed by atoms with Crippen molar-refractivity contribution < 1.29 is 8.42 Å². The van der Waals surface area contributed by atoms with Crippen molar-refractivity contribution in [2.75, 3.05) is 18.6 Å². The molecule has 4 atom stereocenters. The van der Waals surface area contributed by atoms with E-state index >= 15 is 0 Å². The summed E-state index contributed by atoms with van der Waals surface area (Å²) >= 11 is 2.03. The number of hydrogen-bond donors (Lipinski definition) is 1. The summed E-state index contributed by atoms with van der Waals surface area (Å²) in [5, 5.41) is 4.25. The average molecular weight is 336 g/mol. The summed E-state index contributed by atoms with van der Waals surface area (Å²) in [5.74, 6) is 1.62. The van der Waals surface area contributed by atoms with Crippen LogP contribution in [0.3, 0.4) is 0 Å². The summed E-state index contributed by atoms with van der Waals surface area (Å²) in [4.78, 5) is 0. The third kappa shape index (κ3) is 6.91. The molecule has 0 radical (unpaired) electrons. The Morgan fingerprint density at radius 1 is 1.29 bits per heavy atom. The van der Waals surface area contributed by atoms with Crippen LogP contribution in [-0.4, -0.2) is 43.5 Å². The zero-order valence-electron chi connectivity index (χ0n) is 14.1. The minimum absolute atomic E-state index is 0.115. The molecule has 0 aromatic heterocycles. The van der Waals surface area contributed by atoms with Gasteiger partial charge in [0.15, 0.2) is 0 Å². The van der Waals surface area contributed by atoms with Crippen molar-refractivity contribution in [3.05, 3.63) is 0 Å². The quantitative estimate of drug-likeness (QED) is 0.700. The van der Waals surface area contributed by atoms with Crippen LogP contribution in [0.2, 0.25) is 0 Å². The summed E-state index contributed by atoms with van der Waals surface area (Å²) in [6, 6.07) is 0.466. The largest absolute Gasteiger partial charge is 0.313 e. The van der Waals surface area contributed by atoms with Gasteiger partial charge in [-0.1, -0.05) is 27.2 Å². The molecule has 0 aromatic rings. The molecule has 0 saturated heterocycles. The third-order valence-corrected chi connectivity index (χ3v) is 7.73. The van der Waals surface area contributed by atoms with Crippen molar-refractivity contribution in [3.8, 4) is 0 Å². The number of sulfone groups is 1. The predicted molar refractivity (Wildman–Crippen MR) is 94.9 cm³/mol. The van der Waals surface area contributed by atoms with Gasteiger partial charge in [0.2, 0.25) is 0 Å². The topological polar surface area (TPSA) is 46.2 Å². The van der Waals surface area contributed by atoms with Crippen LogP contribution < -0.4 is 5.32 Å². The molecule has 0 aromatic carbocycles. The Bertz CT molecular complexity index is 384. The number of rotatable bonds is 9. The van der Waals surface area contributed by atoms with Crippen LogP contribution in [0.4, 0.5) is 0 Å². The van der Waals surface area contributed by atoms with Gasteiger partial charge in [-0.15, -0.1) is 0 Å². The highest BCUT2D eigenvalue weighted by atomic mass is 32.2. The van der Waals surface area contributed by atoms with Crippen LogP contribution in [0, 0.1) is 5.92 Å². The van der Waals surface area contributed by atoms with Gasteiger partial charge in [-0.3, -0.25) is 0 Å². The molecule has 0 amide bonds. The second-order valence-corrected chi connectivity index (χ2v) is 10.3. The first-order valence-corrected chi connectivity index (χ1v) is 11.4. The fourth-order valence-electron chi connectivity index (χ4n) is 3.01. The SMILES string of the molecule is CCCNC(CSC(C)CC)C1CCCC(S(C)(=O)=O)C1. The highest BCUT2D eigenvalue weighted by Crippen LogP contribution is 2.32. The minimum Gasteiger partial charge on any atom is -0.313 e. The first kappa shape index (κ1) is 19.3. The van der Waals surface area contributed by atoms with E-state index in [0.29, 0.717) is 17.2 Å². The normalized spacial score (nSPS) is 26.5. The summed E-state index contributed by atoms with van der Waals surface area (Å²) in [5.41, 5.74) is 0. The zero-order chi connectivity index (χ0) is 15.9. The number of thioether (sulfide) groups is 1. The zero-order valence-corrected chi connectivity index (χ0v) is 15.7. The molecule has 1 fully saturated rings. The highest BCUT2D eigenvalue weighted by Gasteiger charge is 2.32.